The van der Waals surface area contributed by atoms with Crippen LogP contribution in [-0.4, -0.2) is 39.7 Å². The van der Waals surface area contributed by atoms with Gasteiger partial charge in [0.15, 0.2) is 5.78 Å². The molecule has 1 amide bonds. The summed E-state index contributed by atoms with van der Waals surface area (Å²) in [6.07, 6.45) is -0.757. The lowest BCUT2D eigenvalue weighted by molar-refractivity contribution is -0.00543. The molecule has 2 aromatic carbocycles. The smallest absolute Gasteiger partial charge is 0.453 e. The summed E-state index contributed by atoms with van der Waals surface area (Å²) in [7, 11) is -2.83. The van der Waals surface area contributed by atoms with Gasteiger partial charge in [-0.3, -0.25) is 28.2 Å². The van der Waals surface area contributed by atoms with Crippen molar-refractivity contribution in [2.45, 2.75) is 59.5 Å². The van der Waals surface area contributed by atoms with Crippen LogP contribution in [0.25, 0.3) is 11.0 Å². The number of phosphoric ester groups is 1. The van der Waals surface area contributed by atoms with Crippen LogP contribution in [0.1, 0.15) is 57.5 Å². The molecule has 0 saturated heterocycles. The van der Waals surface area contributed by atoms with E-state index >= 15 is 0 Å². The molecule has 0 fully saturated rings. The molecule has 36 heavy (non-hydrogen) atoms. The van der Waals surface area contributed by atoms with E-state index in [0.717, 1.165) is 0 Å². The Morgan fingerprint density at radius 1 is 0.944 bits per heavy atom. The zero-order valence-corrected chi connectivity index (χ0v) is 22.4. The van der Waals surface area contributed by atoms with Gasteiger partial charge in [-0.25, -0.2) is 14.3 Å². The molecule has 194 valence electrons. The SMILES string of the molecule is COC(=O)Nc1nc2cc(C(=O)c3ccccc3)ccc2n1COP(=O)(OC(C)(C)C)OC(C)(C)C. The maximum absolute atomic E-state index is 13.5. The molecule has 11 heteroatoms. The standard InChI is InChI=1S/C25H32N3O7P/c1-24(2,3)34-36(31,35-25(4,5)6)33-16-28-20-14-13-18(21(29)17-11-9-8-10-12-17)15-19(20)26-22(28)27-23(30)32-7/h8-15H,16H2,1-7H3,(H,26,27,30). The molecule has 1 N–H and O–H groups in total. The highest BCUT2D eigenvalue weighted by atomic mass is 31.2. The van der Waals surface area contributed by atoms with E-state index in [1.165, 1.54) is 11.7 Å². The van der Waals surface area contributed by atoms with E-state index in [-0.39, 0.29) is 18.5 Å². The predicted molar refractivity (Wildman–Crippen MR) is 136 cm³/mol. The number of methoxy groups -OCH3 is 1. The minimum absolute atomic E-state index is 0.0687. The molecular weight excluding hydrogens is 485 g/mol. The number of benzene rings is 2. The maximum Gasteiger partial charge on any atom is 0.477 e. The number of aromatic nitrogens is 2. The Bertz CT molecular complexity index is 1270. The van der Waals surface area contributed by atoms with E-state index in [1.54, 1.807) is 84.0 Å². The van der Waals surface area contributed by atoms with Gasteiger partial charge in [-0.2, -0.15) is 0 Å². The first kappa shape index (κ1) is 27.5. The Morgan fingerprint density at radius 2 is 1.56 bits per heavy atom. The first-order chi connectivity index (χ1) is 16.7. The number of nitrogens with zero attached hydrogens (tertiary/aromatic N) is 2. The molecule has 0 bridgehead atoms. The van der Waals surface area contributed by atoms with Crippen LogP contribution in [0.4, 0.5) is 10.7 Å². The average Bonchev–Trinajstić information content (AvgIpc) is 3.11. The largest absolute Gasteiger partial charge is 0.477 e. The van der Waals surface area contributed by atoms with Gasteiger partial charge >= 0.3 is 13.9 Å². The number of carbonyl (C=O) groups is 2. The molecule has 0 unspecified atom stereocenters. The molecule has 1 aromatic heterocycles. The van der Waals surface area contributed by atoms with E-state index < -0.39 is 25.1 Å². The highest BCUT2D eigenvalue weighted by Crippen LogP contribution is 2.55. The molecule has 0 spiro atoms. The molecule has 0 saturated carbocycles. The maximum atomic E-state index is 13.5. The Balaban J connectivity index is 2.00. The molecule has 0 aliphatic rings. The van der Waals surface area contributed by atoms with Gasteiger partial charge in [0, 0.05) is 11.1 Å². The first-order valence-electron chi connectivity index (χ1n) is 11.3. The van der Waals surface area contributed by atoms with E-state index in [9.17, 15) is 14.2 Å². The summed E-state index contributed by atoms with van der Waals surface area (Å²) in [4.78, 5) is 29.3. The lowest BCUT2D eigenvalue weighted by Crippen LogP contribution is -2.25. The minimum Gasteiger partial charge on any atom is -0.453 e. The number of ketones is 1. The van der Waals surface area contributed by atoms with Gasteiger partial charge in [0.1, 0.15) is 6.73 Å². The number of anilines is 1. The van der Waals surface area contributed by atoms with E-state index in [2.05, 4.69) is 10.3 Å². The summed E-state index contributed by atoms with van der Waals surface area (Å²) < 4.78 is 36.7. The van der Waals surface area contributed by atoms with Crippen molar-refractivity contribution in [1.29, 1.82) is 0 Å². The number of rotatable bonds is 8. The normalized spacial score (nSPS) is 12.5. The number of hydrogen-bond acceptors (Lipinski definition) is 8. The van der Waals surface area contributed by atoms with E-state index in [0.29, 0.717) is 22.2 Å². The third-order valence-corrected chi connectivity index (χ3v) is 6.54. The lowest BCUT2D eigenvalue weighted by atomic mass is 10.0. The van der Waals surface area contributed by atoms with Crippen LogP contribution in [0.2, 0.25) is 0 Å². The zero-order chi connectivity index (χ0) is 26.7. The molecule has 0 aliphatic heterocycles. The third-order valence-electron chi connectivity index (χ3n) is 4.56. The van der Waals surface area contributed by atoms with Crippen LogP contribution in [0.5, 0.6) is 0 Å². The van der Waals surface area contributed by atoms with Crippen LogP contribution in [-0.2, 0) is 29.6 Å². The summed E-state index contributed by atoms with van der Waals surface area (Å²) in [5.41, 5.74) is 0.239. The fourth-order valence-electron chi connectivity index (χ4n) is 3.27. The Labute approximate surface area is 210 Å². The van der Waals surface area contributed by atoms with E-state index in [1.807, 2.05) is 6.07 Å². The van der Waals surface area contributed by atoms with Crippen LogP contribution in [0.15, 0.2) is 48.5 Å². The number of hydrogen-bond donors (Lipinski definition) is 1. The number of amides is 1. The Morgan fingerprint density at radius 3 is 2.11 bits per heavy atom. The predicted octanol–water partition coefficient (Wildman–Crippen LogP) is 6.16. The van der Waals surface area contributed by atoms with Crippen LogP contribution in [0, 0.1) is 0 Å². The Hall–Kier alpha value is -3.04. The van der Waals surface area contributed by atoms with Crippen molar-refractivity contribution in [3.05, 3.63) is 59.7 Å². The fourth-order valence-corrected chi connectivity index (χ4v) is 5.01. The zero-order valence-electron chi connectivity index (χ0n) is 21.5. The van der Waals surface area contributed by atoms with Crippen molar-refractivity contribution in [2.75, 3.05) is 12.4 Å². The lowest BCUT2D eigenvalue weighted by Gasteiger charge is -2.31. The quantitative estimate of drug-likeness (QED) is 0.279. The first-order valence-corrected chi connectivity index (χ1v) is 12.8. The van der Waals surface area contributed by atoms with Crippen LogP contribution in [0.3, 0.4) is 0 Å². The Kier molecular flexibility index (Phi) is 8.05. The number of fused-ring (bicyclic) bond motifs is 1. The minimum atomic E-state index is -4.05. The van der Waals surface area contributed by atoms with Gasteiger partial charge in [-0.05, 0) is 59.7 Å². The number of nitrogens with one attached hydrogen (secondary N) is 1. The second-order valence-corrected chi connectivity index (χ2v) is 11.5. The number of phosphoric acid groups is 1. The van der Waals surface area contributed by atoms with Crippen molar-refractivity contribution in [2.24, 2.45) is 0 Å². The monoisotopic (exact) mass is 517 g/mol. The van der Waals surface area contributed by atoms with Crippen LogP contribution >= 0.6 is 7.82 Å². The molecule has 3 rings (SSSR count). The molecule has 3 aromatic rings. The molecule has 1 heterocycles. The van der Waals surface area contributed by atoms with Crippen molar-refractivity contribution in [3.8, 4) is 0 Å². The van der Waals surface area contributed by atoms with Gasteiger partial charge in [-0.1, -0.05) is 30.3 Å². The van der Waals surface area contributed by atoms with Gasteiger partial charge in [0.25, 0.3) is 0 Å². The highest BCUT2D eigenvalue weighted by molar-refractivity contribution is 7.48. The number of imidazole rings is 1. The van der Waals surface area contributed by atoms with Gasteiger partial charge in [-0.15, -0.1) is 0 Å². The fraction of sp³-hybridized carbons (Fsp3) is 0.400. The molecule has 0 radical (unpaired) electrons. The summed E-state index contributed by atoms with van der Waals surface area (Å²) in [5.74, 6) is -0.105. The van der Waals surface area contributed by atoms with E-state index in [4.69, 9.17) is 18.3 Å². The highest BCUT2D eigenvalue weighted by Gasteiger charge is 2.37. The van der Waals surface area contributed by atoms with Crippen molar-refractivity contribution < 1.29 is 32.5 Å². The summed E-state index contributed by atoms with van der Waals surface area (Å²) in [6.45, 7) is 10.1. The van der Waals surface area contributed by atoms with Crippen LogP contribution < -0.4 is 5.32 Å². The van der Waals surface area contributed by atoms with Gasteiger partial charge in [0.2, 0.25) is 5.95 Å². The molecule has 0 aliphatic carbocycles. The molecule has 10 nitrogen and oxygen atoms in total. The average molecular weight is 518 g/mol. The van der Waals surface area contributed by atoms with Gasteiger partial charge < -0.3 is 4.74 Å². The molecular formula is C25H32N3O7P. The summed E-state index contributed by atoms with van der Waals surface area (Å²) >= 11 is 0. The second-order valence-electron chi connectivity index (χ2n) is 9.99. The van der Waals surface area contributed by atoms with Gasteiger partial charge in [0.05, 0.1) is 29.3 Å². The summed E-state index contributed by atoms with van der Waals surface area (Å²) in [6, 6.07) is 13.8. The number of ether oxygens (including phenoxy) is 1. The van der Waals surface area contributed by atoms with Crippen molar-refractivity contribution in [3.63, 3.8) is 0 Å². The second kappa shape index (κ2) is 10.5. The van der Waals surface area contributed by atoms with Crippen molar-refractivity contribution >= 4 is 36.7 Å². The molecule has 0 atom stereocenters. The van der Waals surface area contributed by atoms with Crippen molar-refractivity contribution in [1.82, 2.24) is 9.55 Å². The topological polar surface area (TPSA) is 118 Å². The summed E-state index contributed by atoms with van der Waals surface area (Å²) in [5, 5.41) is 2.52. The number of carbonyl (C=O) groups excluding carboxylic acids is 2. The third kappa shape index (κ3) is 7.24.